The second-order valence-electron chi connectivity index (χ2n) is 6.47. The lowest BCUT2D eigenvalue weighted by atomic mass is 9.93. The van der Waals surface area contributed by atoms with E-state index in [1.54, 1.807) is 0 Å². The summed E-state index contributed by atoms with van der Waals surface area (Å²) in [6, 6.07) is 8.09. The van der Waals surface area contributed by atoms with Gasteiger partial charge in [0.25, 0.3) is 0 Å². The van der Waals surface area contributed by atoms with Gasteiger partial charge < -0.3 is 19.9 Å². The van der Waals surface area contributed by atoms with Crippen molar-refractivity contribution in [3.05, 3.63) is 29.8 Å². The molecule has 1 fully saturated rings. The van der Waals surface area contributed by atoms with E-state index in [9.17, 15) is 4.79 Å². The fourth-order valence-electron chi connectivity index (χ4n) is 3.18. The van der Waals surface area contributed by atoms with Gasteiger partial charge in [0, 0.05) is 31.9 Å². The van der Waals surface area contributed by atoms with Gasteiger partial charge in [0.1, 0.15) is 0 Å². The van der Waals surface area contributed by atoms with Crippen LogP contribution in [0.25, 0.3) is 0 Å². The van der Waals surface area contributed by atoms with E-state index in [0.717, 1.165) is 30.8 Å². The van der Waals surface area contributed by atoms with Crippen molar-refractivity contribution < 1.29 is 9.53 Å². The number of carbonyl (C=O) groups is 1. The monoisotopic (exact) mass is 319 g/mol. The van der Waals surface area contributed by atoms with Crippen LogP contribution in [0.2, 0.25) is 0 Å². The number of rotatable bonds is 5. The summed E-state index contributed by atoms with van der Waals surface area (Å²) in [4.78, 5) is 16.6. The van der Waals surface area contributed by atoms with Crippen LogP contribution < -0.4 is 5.32 Å². The van der Waals surface area contributed by atoms with E-state index in [1.807, 2.05) is 43.1 Å². The molecule has 0 aromatic heterocycles. The Morgan fingerprint density at radius 2 is 2.09 bits per heavy atom. The molecule has 1 saturated heterocycles. The number of urea groups is 1. The van der Waals surface area contributed by atoms with Gasteiger partial charge in [-0.25, -0.2) is 4.79 Å². The molecule has 23 heavy (non-hydrogen) atoms. The lowest BCUT2D eigenvalue weighted by molar-refractivity contribution is 0.113. The molecule has 5 nitrogen and oxygen atoms in total. The normalized spacial score (nSPS) is 21.9. The molecular formula is C18H29N3O2. The fourth-order valence-corrected chi connectivity index (χ4v) is 3.18. The molecule has 2 amide bonds. The van der Waals surface area contributed by atoms with E-state index in [0.29, 0.717) is 25.2 Å². The van der Waals surface area contributed by atoms with Crippen molar-refractivity contribution in [3.8, 4) is 0 Å². The van der Waals surface area contributed by atoms with Crippen LogP contribution >= 0.6 is 0 Å². The Labute approximate surface area is 139 Å². The standard InChI is InChI=1S/C18H29N3O2/c1-5-23-13-15-6-8-16(9-7-15)19-18(22)21(4)17-10-11-20(3)12-14(17)2/h6-9,14,17H,5,10-13H2,1-4H3,(H,19,22)/t14-,17-/m0/s1. The van der Waals surface area contributed by atoms with E-state index >= 15 is 0 Å². The summed E-state index contributed by atoms with van der Waals surface area (Å²) in [5.41, 5.74) is 1.94. The lowest BCUT2D eigenvalue weighted by Crippen LogP contribution is -2.50. The zero-order valence-corrected chi connectivity index (χ0v) is 14.7. The number of piperidine rings is 1. The SMILES string of the molecule is CCOCc1ccc(NC(=O)N(C)[C@H]2CCN(C)C[C@@H]2C)cc1. The van der Waals surface area contributed by atoms with Gasteiger partial charge in [-0.3, -0.25) is 0 Å². The Hall–Kier alpha value is -1.59. The number of anilines is 1. The van der Waals surface area contributed by atoms with Crippen molar-refractivity contribution in [1.82, 2.24) is 9.80 Å². The highest BCUT2D eigenvalue weighted by Gasteiger charge is 2.29. The van der Waals surface area contributed by atoms with Crippen molar-refractivity contribution in [3.63, 3.8) is 0 Å². The van der Waals surface area contributed by atoms with Crippen LogP contribution in [0.15, 0.2) is 24.3 Å². The molecule has 1 N–H and O–H groups in total. The van der Waals surface area contributed by atoms with Gasteiger partial charge >= 0.3 is 6.03 Å². The number of hydrogen-bond donors (Lipinski definition) is 1. The first kappa shape index (κ1) is 17.8. The maximum Gasteiger partial charge on any atom is 0.321 e. The molecule has 128 valence electrons. The Morgan fingerprint density at radius 1 is 1.39 bits per heavy atom. The molecule has 1 aromatic rings. The van der Waals surface area contributed by atoms with Crippen LogP contribution in [0.3, 0.4) is 0 Å². The van der Waals surface area contributed by atoms with Crippen LogP contribution in [0.1, 0.15) is 25.8 Å². The number of likely N-dealkylation sites (tertiary alicyclic amines) is 1. The van der Waals surface area contributed by atoms with Gasteiger partial charge in [0.05, 0.1) is 6.61 Å². The molecule has 1 aliphatic rings. The third-order valence-corrected chi connectivity index (χ3v) is 4.56. The number of nitrogens with zero attached hydrogens (tertiary/aromatic N) is 2. The predicted octanol–water partition coefficient (Wildman–Crippen LogP) is 3.03. The Morgan fingerprint density at radius 3 is 2.70 bits per heavy atom. The van der Waals surface area contributed by atoms with Gasteiger partial charge in [-0.2, -0.15) is 0 Å². The summed E-state index contributed by atoms with van der Waals surface area (Å²) in [5, 5.41) is 2.99. The summed E-state index contributed by atoms with van der Waals surface area (Å²) in [5.74, 6) is 0.484. The Balaban J connectivity index is 1.90. The Kier molecular flexibility index (Phi) is 6.42. The third kappa shape index (κ3) is 4.94. The molecule has 0 spiro atoms. The summed E-state index contributed by atoms with van der Waals surface area (Å²) >= 11 is 0. The molecular weight excluding hydrogens is 290 g/mol. The summed E-state index contributed by atoms with van der Waals surface area (Å²) < 4.78 is 5.38. The van der Waals surface area contributed by atoms with Crippen molar-refractivity contribution in [2.75, 3.05) is 39.1 Å². The van der Waals surface area contributed by atoms with Crippen LogP contribution in [-0.4, -0.2) is 55.7 Å². The zero-order chi connectivity index (χ0) is 16.8. The number of ether oxygens (including phenoxy) is 1. The molecule has 1 aliphatic heterocycles. The van der Waals surface area contributed by atoms with Crippen molar-refractivity contribution in [1.29, 1.82) is 0 Å². The highest BCUT2D eigenvalue weighted by molar-refractivity contribution is 5.89. The molecule has 2 atom stereocenters. The number of hydrogen-bond acceptors (Lipinski definition) is 3. The molecule has 0 radical (unpaired) electrons. The van der Waals surface area contributed by atoms with E-state index in [1.165, 1.54) is 0 Å². The number of nitrogens with one attached hydrogen (secondary N) is 1. The molecule has 1 heterocycles. The maximum atomic E-state index is 12.5. The van der Waals surface area contributed by atoms with Gasteiger partial charge in [-0.1, -0.05) is 19.1 Å². The van der Waals surface area contributed by atoms with Crippen LogP contribution in [0.4, 0.5) is 10.5 Å². The third-order valence-electron chi connectivity index (χ3n) is 4.56. The van der Waals surface area contributed by atoms with Crippen molar-refractivity contribution >= 4 is 11.7 Å². The first-order valence-corrected chi connectivity index (χ1v) is 8.40. The summed E-state index contributed by atoms with van der Waals surface area (Å²) in [7, 11) is 4.03. The van der Waals surface area contributed by atoms with Crippen LogP contribution in [0.5, 0.6) is 0 Å². The molecule has 2 rings (SSSR count). The van der Waals surface area contributed by atoms with E-state index in [-0.39, 0.29) is 6.03 Å². The van der Waals surface area contributed by atoms with E-state index in [2.05, 4.69) is 24.2 Å². The average molecular weight is 319 g/mol. The summed E-state index contributed by atoms with van der Waals surface area (Å²) in [6.45, 7) is 7.59. The molecule has 5 heteroatoms. The maximum absolute atomic E-state index is 12.5. The van der Waals surface area contributed by atoms with Crippen LogP contribution in [-0.2, 0) is 11.3 Å². The molecule has 0 unspecified atom stereocenters. The van der Waals surface area contributed by atoms with Crippen LogP contribution in [0, 0.1) is 5.92 Å². The van der Waals surface area contributed by atoms with Gasteiger partial charge in [0.2, 0.25) is 0 Å². The Bertz CT molecular complexity index is 503. The van der Waals surface area contributed by atoms with Gasteiger partial charge in [-0.05, 0) is 50.6 Å². The quantitative estimate of drug-likeness (QED) is 0.907. The topological polar surface area (TPSA) is 44.8 Å². The van der Waals surface area contributed by atoms with E-state index < -0.39 is 0 Å². The zero-order valence-electron chi connectivity index (χ0n) is 14.7. The molecule has 0 saturated carbocycles. The first-order chi connectivity index (χ1) is 11.0. The predicted molar refractivity (Wildman–Crippen MR) is 93.6 cm³/mol. The smallest absolute Gasteiger partial charge is 0.321 e. The first-order valence-electron chi connectivity index (χ1n) is 8.40. The molecule has 0 aliphatic carbocycles. The largest absolute Gasteiger partial charge is 0.377 e. The highest BCUT2D eigenvalue weighted by Crippen LogP contribution is 2.21. The van der Waals surface area contributed by atoms with Crippen molar-refractivity contribution in [2.45, 2.75) is 32.9 Å². The summed E-state index contributed by atoms with van der Waals surface area (Å²) in [6.07, 6.45) is 1.02. The number of benzene rings is 1. The van der Waals surface area contributed by atoms with Gasteiger partial charge in [-0.15, -0.1) is 0 Å². The highest BCUT2D eigenvalue weighted by atomic mass is 16.5. The fraction of sp³-hybridized carbons (Fsp3) is 0.611. The molecule has 0 bridgehead atoms. The lowest BCUT2D eigenvalue weighted by Gasteiger charge is -2.39. The van der Waals surface area contributed by atoms with Gasteiger partial charge in [0.15, 0.2) is 0 Å². The second kappa shape index (κ2) is 8.31. The second-order valence-corrected chi connectivity index (χ2v) is 6.47. The van der Waals surface area contributed by atoms with E-state index in [4.69, 9.17) is 4.74 Å². The number of carbonyl (C=O) groups excluding carboxylic acids is 1. The molecule has 1 aromatic carbocycles. The van der Waals surface area contributed by atoms with Crippen molar-refractivity contribution in [2.24, 2.45) is 5.92 Å². The minimum atomic E-state index is -0.0380. The average Bonchev–Trinajstić information content (AvgIpc) is 2.53. The number of amides is 2. The minimum absolute atomic E-state index is 0.0380. The minimum Gasteiger partial charge on any atom is -0.377 e.